The number of amides is 1. The first kappa shape index (κ1) is 21.1. The van der Waals surface area contributed by atoms with Crippen molar-refractivity contribution >= 4 is 35.8 Å². The third kappa shape index (κ3) is 6.45. The van der Waals surface area contributed by atoms with Crippen molar-refractivity contribution < 1.29 is 9.21 Å². The number of aryl methyl sites for hydroxylation is 1. The number of guanidine groups is 1. The molecule has 0 saturated carbocycles. The molecule has 0 aliphatic carbocycles. The van der Waals surface area contributed by atoms with Crippen LogP contribution >= 0.6 is 24.0 Å². The van der Waals surface area contributed by atoms with E-state index < -0.39 is 0 Å². The summed E-state index contributed by atoms with van der Waals surface area (Å²) >= 11 is 0. The van der Waals surface area contributed by atoms with Crippen LogP contribution in [0.1, 0.15) is 23.2 Å². The second kappa shape index (κ2) is 10.8. The van der Waals surface area contributed by atoms with E-state index in [0.29, 0.717) is 18.8 Å². The molecule has 0 atom stereocenters. The van der Waals surface area contributed by atoms with Crippen LogP contribution in [0.5, 0.6) is 0 Å². The minimum Gasteiger partial charge on any atom is -0.459 e. The lowest BCUT2D eigenvalue weighted by molar-refractivity contribution is 0.0927. The number of nitrogens with zero attached hydrogens (tertiary/aromatic N) is 3. The molecule has 0 fully saturated rings. The van der Waals surface area contributed by atoms with Gasteiger partial charge in [-0.1, -0.05) is 0 Å². The number of hydrogen-bond acceptors (Lipinski definition) is 3. The Morgan fingerprint density at radius 3 is 2.72 bits per heavy atom. The highest BCUT2D eigenvalue weighted by Gasteiger charge is 2.09. The van der Waals surface area contributed by atoms with Gasteiger partial charge in [-0.3, -0.25) is 9.79 Å². The Kier molecular flexibility index (Phi) is 9.11. The van der Waals surface area contributed by atoms with Crippen LogP contribution in [0.3, 0.4) is 0 Å². The number of halogens is 1. The van der Waals surface area contributed by atoms with Crippen LogP contribution < -0.4 is 10.6 Å². The third-order valence-corrected chi connectivity index (χ3v) is 3.55. The molecule has 0 aromatic carbocycles. The Bertz CT molecular complexity index is 666. The minimum atomic E-state index is -0.225. The van der Waals surface area contributed by atoms with E-state index in [0.717, 1.165) is 19.0 Å². The van der Waals surface area contributed by atoms with Crippen molar-refractivity contribution in [3.05, 3.63) is 48.2 Å². The Morgan fingerprint density at radius 1 is 1.32 bits per heavy atom. The summed E-state index contributed by atoms with van der Waals surface area (Å²) in [5, 5.41) is 6.05. The summed E-state index contributed by atoms with van der Waals surface area (Å²) in [6, 6.07) is 7.44. The molecule has 138 valence electrons. The predicted octanol–water partition coefficient (Wildman–Crippen LogP) is 2.06. The van der Waals surface area contributed by atoms with Crippen molar-refractivity contribution in [2.75, 3.05) is 26.7 Å². The molecule has 0 aliphatic rings. The average Bonchev–Trinajstić information content (AvgIpc) is 3.22. The molecule has 1 amide bonds. The zero-order valence-electron chi connectivity index (χ0n) is 14.9. The highest BCUT2D eigenvalue weighted by atomic mass is 127. The molecule has 0 unspecified atom stereocenters. The van der Waals surface area contributed by atoms with Gasteiger partial charge in [-0.15, -0.1) is 24.0 Å². The first-order valence-corrected chi connectivity index (χ1v) is 8.03. The van der Waals surface area contributed by atoms with Gasteiger partial charge in [-0.05, 0) is 31.2 Å². The molecule has 0 radical (unpaired) electrons. The van der Waals surface area contributed by atoms with E-state index in [-0.39, 0.29) is 29.9 Å². The van der Waals surface area contributed by atoms with E-state index in [1.807, 2.05) is 33.3 Å². The number of carbonyl (C=O) groups is 1. The van der Waals surface area contributed by atoms with E-state index in [1.165, 1.54) is 12.0 Å². The topological polar surface area (TPSA) is 74.8 Å². The molecule has 0 bridgehead atoms. The van der Waals surface area contributed by atoms with Gasteiger partial charge in [-0.25, -0.2) is 0 Å². The maximum absolute atomic E-state index is 11.8. The second-order valence-corrected chi connectivity index (χ2v) is 5.44. The van der Waals surface area contributed by atoms with Crippen LogP contribution in [0.25, 0.3) is 0 Å². The van der Waals surface area contributed by atoms with Crippen molar-refractivity contribution in [2.45, 2.75) is 13.5 Å². The molecular formula is C17H26IN5O2. The molecule has 0 spiro atoms. The molecule has 0 aliphatic heterocycles. The van der Waals surface area contributed by atoms with Gasteiger partial charge in [0.25, 0.3) is 5.91 Å². The maximum Gasteiger partial charge on any atom is 0.287 e. The van der Waals surface area contributed by atoms with Gasteiger partial charge in [0, 0.05) is 39.1 Å². The summed E-state index contributed by atoms with van der Waals surface area (Å²) in [7, 11) is 4.02. The first-order valence-electron chi connectivity index (χ1n) is 8.03. The molecule has 2 aromatic rings. The molecule has 0 saturated heterocycles. The first-order chi connectivity index (χ1) is 11.6. The summed E-state index contributed by atoms with van der Waals surface area (Å²) in [6.45, 7) is 4.52. The van der Waals surface area contributed by atoms with E-state index in [4.69, 9.17) is 4.42 Å². The summed E-state index contributed by atoms with van der Waals surface area (Å²) in [5.74, 6) is 0.898. The normalized spacial score (nSPS) is 10.9. The van der Waals surface area contributed by atoms with Gasteiger partial charge in [0.1, 0.15) is 0 Å². The number of aromatic nitrogens is 1. The molecule has 2 N–H and O–H groups in total. The van der Waals surface area contributed by atoms with Crippen LogP contribution in [-0.2, 0) is 13.6 Å². The smallest absolute Gasteiger partial charge is 0.287 e. The van der Waals surface area contributed by atoms with Crippen LogP contribution in [0.4, 0.5) is 0 Å². The van der Waals surface area contributed by atoms with Gasteiger partial charge in [0.15, 0.2) is 11.7 Å². The fourth-order valence-corrected chi connectivity index (χ4v) is 2.27. The monoisotopic (exact) mass is 459 g/mol. The van der Waals surface area contributed by atoms with Gasteiger partial charge in [0.05, 0.1) is 19.4 Å². The highest BCUT2D eigenvalue weighted by Crippen LogP contribution is 2.03. The van der Waals surface area contributed by atoms with Gasteiger partial charge < -0.3 is 24.5 Å². The second-order valence-electron chi connectivity index (χ2n) is 5.44. The summed E-state index contributed by atoms with van der Waals surface area (Å²) in [5.41, 5.74) is 1.20. The van der Waals surface area contributed by atoms with Gasteiger partial charge in [0.2, 0.25) is 0 Å². The lowest BCUT2D eigenvalue weighted by atomic mass is 10.4. The standard InChI is InChI=1S/C17H25N5O2.HI/c1-4-18-17(22(3)13-14-7-5-11-21(14)2)20-10-9-19-16(23)15-8-6-12-24-15;/h5-8,11-12H,4,9-10,13H2,1-3H3,(H,18,20)(H,19,23);1H. The minimum absolute atomic E-state index is 0. The summed E-state index contributed by atoms with van der Waals surface area (Å²) < 4.78 is 7.14. The molecule has 8 heteroatoms. The predicted molar refractivity (Wildman–Crippen MR) is 109 cm³/mol. The molecular weight excluding hydrogens is 433 g/mol. The van der Waals surface area contributed by atoms with Crippen LogP contribution in [0.2, 0.25) is 0 Å². The number of nitrogens with one attached hydrogen (secondary N) is 2. The summed E-state index contributed by atoms with van der Waals surface area (Å²) in [6.07, 6.45) is 3.51. The van der Waals surface area contributed by atoms with Crippen LogP contribution in [0.15, 0.2) is 46.1 Å². The maximum atomic E-state index is 11.8. The molecule has 2 rings (SSSR count). The quantitative estimate of drug-likeness (QED) is 0.288. The fourth-order valence-electron chi connectivity index (χ4n) is 2.27. The number of aliphatic imine (C=N–C) groups is 1. The van der Waals surface area contributed by atoms with Gasteiger partial charge >= 0.3 is 0 Å². The SMILES string of the molecule is CCNC(=NCCNC(=O)c1ccco1)N(C)Cc1cccn1C.I. The third-order valence-electron chi connectivity index (χ3n) is 3.55. The largest absolute Gasteiger partial charge is 0.459 e. The number of rotatable bonds is 7. The van der Waals surface area contributed by atoms with E-state index in [1.54, 1.807) is 12.1 Å². The average molecular weight is 459 g/mol. The number of carbonyl (C=O) groups excluding carboxylic acids is 1. The van der Waals surface area contributed by atoms with Crippen molar-refractivity contribution in [3.8, 4) is 0 Å². The van der Waals surface area contributed by atoms with Crippen LogP contribution in [0, 0.1) is 0 Å². The Labute approximate surface area is 165 Å². The molecule has 25 heavy (non-hydrogen) atoms. The lowest BCUT2D eigenvalue weighted by Crippen LogP contribution is -2.39. The van der Waals surface area contributed by atoms with Crippen molar-refractivity contribution in [1.82, 2.24) is 20.1 Å². The van der Waals surface area contributed by atoms with E-state index in [9.17, 15) is 4.79 Å². The lowest BCUT2D eigenvalue weighted by Gasteiger charge is -2.22. The molecule has 2 aromatic heterocycles. The van der Waals surface area contributed by atoms with Crippen molar-refractivity contribution in [2.24, 2.45) is 12.0 Å². The Hall–Kier alpha value is -1.97. The molecule has 7 nitrogen and oxygen atoms in total. The van der Waals surface area contributed by atoms with E-state index >= 15 is 0 Å². The fraction of sp³-hybridized carbons (Fsp3) is 0.412. The highest BCUT2D eigenvalue weighted by molar-refractivity contribution is 14.0. The number of furan rings is 1. The number of hydrogen-bond donors (Lipinski definition) is 2. The zero-order valence-corrected chi connectivity index (χ0v) is 17.2. The van der Waals surface area contributed by atoms with Crippen molar-refractivity contribution in [1.29, 1.82) is 0 Å². The van der Waals surface area contributed by atoms with Crippen LogP contribution in [-0.4, -0.2) is 48.0 Å². The van der Waals surface area contributed by atoms with Gasteiger partial charge in [-0.2, -0.15) is 0 Å². The Morgan fingerprint density at radius 2 is 2.12 bits per heavy atom. The molecule has 2 heterocycles. The van der Waals surface area contributed by atoms with Crippen molar-refractivity contribution in [3.63, 3.8) is 0 Å². The van der Waals surface area contributed by atoms with E-state index in [2.05, 4.69) is 31.2 Å². The summed E-state index contributed by atoms with van der Waals surface area (Å²) in [4.78, 5) is 18.4. The zero-order chi connectivity index (χ0) is 17.4. The Balaban J connectivity index is 0.00000312.